The summed E-state index contributed by atoms with van der Waals surface area (Å²) in [6.07, 6.45) is 2.00. The molecule has 4 heteroatoms. The Balaban J connectivity index is 2.77. The summed E-state index contributed by atoms with van der Waals surface area (Å²) in [5.41, 5.74) is 12.0. The molecular weight excluding hydrogens is 140 g/mol. The van der Waals surface area contributed by atoms with Crippen LogP contribution in [0.4, 0.5) is 5.82 Å². The molecule has 4 nitrogen and oxygen atoms in total. The van der Waals surface area contributed by atoms with Gasteiger partial charge in [-0.1, -0.05) is 0 Å². The molecule has 1 rings (SSSR count). The fourth-order valence-electron chi connectivity index (χ4n) is 0.926. The van der Waals surface area contributed by atoms with E-state index in [1.165, 1.54) is 0 Å². The zero-order valence-electron chi connectivity index (χ0n) is 6.04. The van der Waals surface area contributed by atoms with E-state index in [2.05, 4.69) is 4.98 Å². The molecule has 0 aromatic carbocycles. The minimum Gasteiger partial charge on any atom is -0.385 e. The van der Waals surface area contributed by atoms with Crippen LogP contribution in [-0.2, 0) is 0 Å². The second-order valence-electron chi connectivity index (χ2n) is 2.32. The molecule has 0 aliphatic heterocycles. The second kappa shape index (κ2) is 3.08. The lowest BCUT2D eigenvalue weighted by molar-refractivity contribution is 0.752. The van der Waals surface area contributed by atoms with Crippen molar-refractivity contribution in [1.82, 2.24) is 4.98 Å². The van der Waals surface area contributed by atoms with E-state index in [0.717, 1.165) is 5.56 Å². The van der Waals surface area contributed by atoms with Crippen molar-refractivity contribution < 1.29 is 0 Å². The second-order valence-corrected chi connectivity index (χ2v) is 2.32. The van der Waals surface area contributed by atoms with Crippen LogP contribution in [0.25, 0.3) is 0 Å². The molecule has 0 saturated carbocycles. The molecule has 0 aliphatic rings. The number of hydrogen-bond acceptors (Lipinski definition) is 3. The molecule has 1 aromatic heterocycles. The van der Waals surface area contributed by atoms with Crippen LogP contribution in [0.1, 0.15) is 18.0 Å². The molecule has 0 bridgehead atoms. The van der Waals surface area contributed by atoms with E-state index < -0.39 is 0 Å². The van der Waals surface area contributed by atoms with Gasteiger partial charge in [0, 0.05) is 17.8 Å². The summed E-state index contributed by atoms with van der Waals surface area (Å²) in [6, 6.07) is 3.51. The topological polar surface area (TPSA) is 91.6 Å². The molecule has 1 heterocycles. The lowest BCUT2D eigenvalue weighted by Gasteiger charge is -2.04. The van der Waals surface area contributed by atoms with Crippen LogP contribution in [-0.4, -0.2) is 4.98 Å². The first-order chi connectivity index (χ1) is 5.25. The summed E-state index contributed by atoms with van der Waals surface area (Å²) in [5, 5.41) is 8.35. The van der Waals surface area contributed by atoms with Gasteiger partial charge in [-0.3, -0.25) is 0 Å². The molecule has 0 fully saturated rings. The Kier molecular flexibility index (Phi) is 2.14. The van der Waals surface area contributed by atoms with Crippen LogP contribution in [0.15, 0.2) is 12.3 Å². The standard InChI is InChI=1S/C7H10N4/c8-3-1-6(9)5-2-4-11-7(5)10/h2,4,6,11H,1,9-10H2/t6-/m1/s1. The van der Waals surface area contributed by atoms with Crippen molar-refractivity contribution in [3.05, 3.63) is 17.8 Å². The van der Waals surface area contributed by atoms with Crippen molar-refractivity contribution >= 4 is 5.82 Å². The van der Waals surface area contributed by atoms with Crippen LogP contribution in [0.5, 0.6) is 0 Å². The number of rotatable bonds is 2. The quantitative estimate of drug-likeness (QED) is 0.573. The predicted octanol–water partition coefficient (Wildman–Crippen LogP) is 0.510. The van der Waals surface area contributed by atoms with Crippen LogP contribution < -0.4 is 11.5 Å². The Morgan fingerprint density at radius 1 is 1.73 bits per heavy atom. The highest BCUT2D eigenvalue weighted by Gasteiger charge is 2.08. The van der Waals surface area contributed by atoms with Crippen molar-refractivity contribution in [2.45, 2.75) is 12.5 Å². The third-order valence-electron chi connectivity index (χ3n) is 1.52. The molecule has 0 amide bonds. The van der Waals surface area contributed by atoms with Crippen molar-refractivity contribution in [1.29, 1.82) is 5.26 Å². The van der Waals surface area contributed by atoms with Gasteiger partial charge in [0.2, 0.25) is 0 Å². The first-order valence-electron chi connectivity index (χ1n) is 3.31. The summed E-state index contributed by atoms with van der Waals surface area (Å²) in [4.78, 5) is 2.80. The van der Waals surface area contributed by atoms with Crippen molar-refractivity contribution in [2.24, 2.45) is 5.73 Å². The average molecular weight is 150 g/mol. The largest absolute Gasteiger partial charge is 0.385 e. The molecule has 1 aromatic rings. The van der Waals surface area contributed by atoms with E-state index in [1.807, 2.05) is 6.07 Å². The number of aromatic nitrogens is 1. The number of nitrogens with zero attached hydrogens (tertiary/aromatic N) is 1. The monoisotopic (exact) mass is 150 g/mol. The number of aromatic amines is 1. The van der Waals surface area contributed by atoms with E-state index >= 15 is 0 Å². The number of nitrogen functional groups attached to an aromatic ring is 1. The molecule has 5 N–H and O–H groups in total. The van der Waals surface area contributed by atoms with Crippen molar-refractivity contribution in [2.75, 3.05) is 5.73 Å². The first kappa shape index (κ1) is 7.63. The molecule has 0 aliphatic carbocycles. The predicted molar refractivity (Wildman–Crippen MR) is 42.4 cm³/mol. The van der Waals surface area contributed by atoms with Crippen LogP contribution in [0, 0.1) is 11.3 Å². The summed E-state index contributed by atoms with van der Waals surface area (Å²) < 4.78 is 0. The molecular formula is C7H10N4. The van der Waals surface area contributed by atoms with Crippen molar-refractivity contribution in [3.63, 3.8) is 0 Å². The van der Waals surface area contributed by atoms with E-state index in [-0.39, 0.29) is 6.04 Å². The van der Waals surface area contributed by atoms with Gasteiger partial charge in [-0.15, -0.1) is 0 Å². The summed E-state index contributed by atoms with van der Waals surface area (Å²) in [5.74, 6) is 0.549. The van der Waals surface area contributed by atoms with E-state index in [4.69, 9.17) is 16.7 Å². The van der Waals surface area contributed by atoms with Gasteiger partial charge < -0.3 is 16.5 Å². The maximum absolute atomic E-state index is 8.35. The lowest BCUT2D eigenvalue weighted by atomic mass is 10.1. The highest BCUT2D eigenvalue weighted by atomic mass is 14.8. The van der Waals surface area contributed by atoms with Gasteiger partial charge in [-0.05, 0) is 6.07 Å². The normalized spacial score (nSPS) is 12.4. The van der Waals surface area contributed by atoms with Gasteiger partial charge in [-0.25, -0.2) is 0 Å². The zero-order valence-corrected chi connectivity index (χ0v) is 6.04. The zero-order chi connectivity index (χ0) is 8.27. The summed E-state index contributed by atoms with van der Waals surface area (Å²) in [6.45, 7) is 0. The highest BCUT2D eigenvalue weighted by Crippen LogP contribution is 2.18. The van der Waals surface area contributed by atoms with Gasteiger partial charge >= 0.3 is 0 Å². The smallest absolute Gasteiger partial charge is 0.105 e. The fraction of sp³-hybridized carbons (Fsp3) is 0.286. The van der Waals surface area contributed by atoms with Gasteiger partial charge in [0.05, 0.1) is 12.5 Å². The van der Waals surface area contributed by atoms with Gasteiger partial charge in [0.1, 0.15) is 5.82 Å². The number of anilines is 1. The molecule has 0 radical (unpaired) electrons. The first-order valence-corrected chi connectivity index (χ1v) is 3.31. The number of nitrogens with two attached hydrogens (primary N) is 2. The summed E-state index contributed by atoms with van der Waals surface area (Å²) >= 11 is 0. The Morgan fingerprint density at radius 2 is 2.45 bits per heavy atom. The highest BCUT2D eigenvalue weighted by molar-refractivity contribution is 5.42. The average Bonchev–Trinajstić information content (AvgIpc) is 2.36. The molecule has 0 spiro atoms. The maximum atomic E-state index is 8.35. The minimum absolute atomic E-state index is 0.272. The Morgan fingerprint density at radius 3 is 2.91 bits per heavy atom. The maximum Gasteiger partial charge on any atom is 0.105 e. The van der Waals surface area contributed by atoms with Crippen molar-refractivity contribution in [3.8, 4) is 6.07 Å². The van der Waals surface area contributed by atoms with Crippen LogP contribution >= 0.6 is 0 Å². The lowest BCUT2D eigenvalue weighted by Crippen LogP contribution is -2.10. The fourth-order valence-corrected chi connectivity index (χ4v) is 0.926. The van der Waals surface area contributed by atoms with E-state index in [1.54, 1.807) is 12.3 Å². The summed E-state index contributed by atoms with van der Waals surface area (Å²) in [7, 11) is 0. The molecule has 1 atom stereocenters. The number of nitriles is 1. The van der Waals surface area contributed by atoms with Crippen LogP contribution in [0.2, 0.25) is 0 Å². The number of nitrogens with one attached hydrogen (secondary N) is 1. The molecule has 0 unspecified atom stereocenters. The van der Waals surface area contributed by atoms with E-state index in [9.17, 15) is 0 Å². The number of hydrogen-bond donors (Lipinski definition) is 3. The molecule has 11 heavy (non-hydrogen) atoms. The number of H-pyrrole nitrogens is 1. The Hall–Kier alpha value is -1.47. The third-order valence-corrected chi connectivity index (χ3v) is 1.52. The molecule has 58 valence electrons. The van der Waals surface area contributed by atoms with Crippen LogP contribution in [0.3, 0.4) is 0 Å². The third kappa shape index (κ3) is 1.51. The minimum atomic E-state index is -0.272. The Bertz CT molecular complexity index is 270. The molecule has 0 saturated heterocycles. The van der Waals surface area contributed by atoms with Gasteiger partial charge in [0.25, 0.3) is 0 Å². The Labute approximate surface area is 64.8 Å². The van der Waals surface area contributed by atoms with Gasteiger partial charge in [0.15, 0.2) is 0 Å². The SMILES string of the molecule is N#CC[C@@H](N)c1cc[nH]c1N. The van der Waals surface area contributed by atoms with E-state index in [0.29, 0.717) is 12.2 Å². The van der Waals surface area contributed by atoms with Gasteiger partial charge in [-0.2, -0.15) is 5.26 Å².